The van der Waals surface area contributed by atoms with Gasteiger partial charge in [0, 0.05) is 13.2 Å². The molecule has 0 bridgehead atoms. The summed E-state index contributed by atoms with van der Waals surface area (Å²) >= 11 is 0. The molecule has 1 unspecified atom stereocenters. The smallest absolute Gasteiger partial charge is 0.359 e. The molecule has 39 heavy (non-hydrogen) atoms. The molecule has 18 nitrogen and oxygen atoms in total. The number of aliphatic hydroxyl groups is 3. The topological polar surface area (TPSA) is 256 Å². The third kappa shape index (κ3) is 5.39. The zero-order valence-electron chi connectivity index (χ0n) is 20.9. The Balaban J connectivity index is 1.38. The van der Waals surface area contributed by atoms with Crippen LogP contribution >= 0.6 is 7.60 Å². The van der Waals surface area contributed by atoms with Crippen LogP contribution < -0.4 is 5.32 Å². The van der Waals surface area contributed by atoms with E-state index in [1.54, 1.807) is 0 Å². The number of fused-ring (bicyclic) bond motifs is 1. The highest BCUT2D eigenvalue weighted by molar-refractivity contribution is 7.53. The number of hydrogen-bond acceptors (Lipinski definition) is 14. The molecule has 0 radical (unpaired) electrons. The van der Waals surface area contributed by atoms with Gasteiger partial charge in [-0.3, -0.25) is 4.57 Å². The number of hydrogen-bond donors (Lipinski definition) is 7. The van der Waals surface area contributed by atoms with Crippen molar-refractivity contribution in [2.75, 3.05) is 25.6 Å². The minimum Gasteiger partial charge on any atom is -0.388 e. The summed E-state index contributed by atoms with van der Waals surface area (Å²) in [5, 5.41) is 50.3. The maximum atomic E-state index is 12.5. The molecule has 1 aliphatic carbocycles. The second-order valence-corrected chi connectivity index (χ2v) is 11.4. The van der Waals surface area contributed by atoms with Crippen LogP contribution in [0.1, 0.15) is 37.1 Å². The van der Waals surface area contributed by atoms with Crippen molar-refractivity contribution >= 4 is 24.4 Å². The molecule has 214 valence electrons. The molecule has 7 N–H and O–H groups in total. The minimum atomic E-state index is -5.01. The van der Waals surface area contributed by atoms with Crippen molar-refractivity contribution in [1.29, 1.82) is 0 Å². The molecule has 0 amide bonds. The standard InChI is InChI=1S/C20H30N9O9P/c1-36-9-20(39(33,34)35,5-13-25-27-28-26-13)37-8-12-15(31)16(32)19(38-12)29-18-11(6-21-29)17(22-10-3-2-4-10)23-14(7-30)24-18/h6,10,12,15-16,19,30-32H,2-5,7-9H2,1H3,(H,22,23,24)(H2,33,34,35)(H,25,26,27,28)/t12-,15-,16-,19-,20?/m1/s1. The third-order valence-corrected chi connectivity index (χ3v) is 8.38. The molecular weight excluding hydrogens is 541 g/mol. The van der Waals surface area contributed by atoms with Gasteiger partial charge in [-0.1, -0.05) is 5.21 Å². The van der Waals surface area contributed by atoms with Gasteiger partial charge in [0.05, 0.1) is 31.2 Å². The van der Waals surface area contributed by atoms with E-state index < -0.39 is 63.7 Å². The number of aromatic amines is 1. The van der Waals surface area contributed by atoms with Crippen molar-refractivity contribution < 1.29 is 43.9 Å². The van der Waals surface area contributed by atoms with E-state index in [2.05, 4.69) is 41.0 Å². The third-order valence-electron chi connectivity index (χ3n) is 6.91. The number of aromatic nitrogens is 8. The Bertz CT molecular complexity index is 1320. The van der Waals surface area contributed by atoms with Crippen LogP contribution in [0.3, 0.4) is 0 Å². The van der Waals surface area contributed by atoms with E-state index in [4.69, 9.17) is 14.2 Å². The number of methoxy groups -OCH3 is 1. The van der Waals surface area contributed by atoms with Gasteiger partial charge >= 0.3 is 7.60 Å². The van der Waals surface area contributed by atoms with E-state index >= 15 is 0 Å². The van der Waals surface area contributed by atoms with E-state index in [0.29, 0.717) is 11.2 Å². The van der Waals surface area contributed by atoms with Crippen molar-refractivity contribution in [1.82, 2.24) is 40.4 Å². The lowest BCUT2D eigenvalue weighted by Crippen LogP contribution is -2.44. The maximum absolute atomic E-state index is 12.5. The van der Waals surface area contributed by atoms with Crippen molar-refractivity contribution in [2.24, 2.45) is 0 Å². The number of rotatable bonds is 12. The summed E-state index contributed by atoms with van der Waals surface area (Å²) in [5.41, 5.74) is 0.259. The summed E-state index contributed by atoms with van der Waals surface area (Å²) in [4.78, 5) is 29.0. The molecule has 3 aromatic rings. The molecular formula is C20H30N9O9P. The number of nitrogens with zero attached hydrogens (tertiary/aromatic N) is 7. The fraction of sp³-hybridized carbons (Fsp3) is 0.700. The average molecular weight is 571 g/mol. The molecule has 3 aromatic heterocycles. The lowest BCUT2D eigenvalue weighted by Gasteiger charge is -2.33. The van der Waals surface area contributed by atoms with Crippen molar-refractivity contribution in [2.45, 2.75) is 68.2 Å². The maximum Gasteiger partial charge on any atom is 0.359 e. The van der Waals surface area contributed by atoms with Gasteiger partial charge in [-0.25, -0.2) is 14.6 Å². The number of ether oxygens (including phenoxy) is 3. The Hall–Kier alpha value is -2.67. The van der Waals surface area contributed by atoms with Gasteiger partial charge in [-0.2, -0.15) is 10.3 Å². The zero-order valence-corrected chi connectivity index (χ0v) is 21.8. The first-order chi connectivity index (χ1) is 18.7. The van der Waals surface area contributed by atoms with E-state index in [0.717, 1.165) is 19.3 Å². The predicted octanol–water partition coefficient (Wildman–Crippen LogP) is -1.80. The van der Waals surface area contributed by atoms with Crippen molar-refractivity contribution in [3.05, 3.63) is 17.8 Å². The quantitative estimate of drug-likeness (QED) is 0.118. The SMILES string of the molecule is COCC(Cc1nn[nH]n1)(OC[C@H]1O[C@@H](n2ncc3c(NC4CCC4)nc(CO)nc32)[C@H](O)[C@@H]1O)P(=O)(O)O. The molecule has 2 fully saturated rings. The van der Waals surface area contributed by atoms with E-state index in [-0.39, 0.29) is 23.3 Å². The number of tetrazole rings is 1. The highest BCUT2D eigenvalue weighted by Gasteiger charge is 2.52. The molecule has 1 saturated carbocycles. The fourth-order valence-corrected chi connectivity index (χ4v) is 5.42. The number of H-pyrrole nitrogens is 1. The van der Waals surface area contributed by atoms with Crippen molar-refractivity contribution in [3.63, 3.8) is 0 Å². The highest BCUT2D eigenvalue weighted by atomic mass is 31.2. The van der Waals surface area contributed by atoms with Gasteiger partial charge < -0.3 is 44.6 Å². The summed E-state index contributed by atoms with van der Waals surface area (Å²) in [6.45, 7) is -1.51. The Morgan fingerprint density at radius 2 is 2.05 bits per heavy atom. The van der Waals surface area contributed by atoms with Crippen LogP contribution in [0.2, 0.25) is 0 Å². The van der Waals surface area contributed by atoms with Gasteiger partial charge in [0.1, 0.15) is 30.7 Å². The fourth-order valence-electron chi connectivity index (χ4n) is 4.53. The Kier molecular flexibility index (Phi) is 7.91. The molecule has 0 aromatic carbocycles. The monoisotopic (exact) mass is 571 g/mol. The second-order valence-electron chi connectivity index (χ2n) is 9.53. The van der Waals surface area contributed by atoms with Gasteiger partial charge in [0.25, 0.3) is 0 Å². The molecule has 5 atom stereocenters. The van der Waals surface area contributed by atoms with Gasteiger partial charge in [-0.05, 0) is 19.3 Å². The summed E-state index contributed by atoms with van der Waals surface area (Å²) in [7, 11) is -3.77. The first-order valence-electron chi connectivity index (χ1n) is 12.2. The van der Waals surface area contributed by atoms with Crippen LogP contribution in [0.4, 0.5) is 5.82 Å². The van der Waals surface area contributed by atoms with E-state index in [9.17, 15) is 29.7 Å². The van der Waals surface area contributed by atoms with Crippen LogP contribution in [-0.4, -0.2) is 115 Å². The zero-order chi connectivity index (χ0) is 27.8. The number of anilines is 1. The van der Waals surface area contributed by atoms with Crippen LogP contribution in [-0.2, 0) is 31.8 Å². The molecule has 19 heteroatoms. The van der Waals surface area contributed by atoms with Crippen LogP contribution in [0.25, 0.3) is 11.0 Å². The number of nitrogens with one attached hydrogen (secondary N) is 2. The molecule has 1 saturated heterocycles. The molecule has 5 rings (SSSR count). The van der Waals surface area contributed by atoms with Gasteiger partial charge in [0.2, 0.25) is 0 Å². The van der Waals surface area contributed by atoms with E-state index in [1.807, 2.05) is 0 Å². The summed E-state index contributed by atoms with van der Waals surface area (Å²) < 4.78 is 30.4. The summed E-state index contributed by atoms with van der Waals surface area (Å²) in [6, 6.07) is 0.239. The predicted molar refractivity (Wildman–Crippen MR) is 129 cm³/mol. The lowest BCUT2D eigenvalue weighted by atomic mass is 9.93. The Labute approximate surface area is 220 Å². The number of aliphatic hydroxyl groups excluding tert-OH is 3. The van der Waals surface area contributed by atoms with Crippen LogP contribution in [0, 0.1) is 0 Å². The molecule has 1 aliphatic heterocycles. The largest absolute Gasteiger partial charge is 0.388 e. The lowest BCUT2D eigenvalue weighted by molar-refractivity contribution is -0.113. The highest BCUT2D eigenvalue weighted by Crippen LogP contribution is 2.53. The first-order valence-corrected chi connectivity index (χ1v) is 13.8. The van der Waals surface area contributed by atoms with E-state index in [1.165, 1.54) is 18.0 Å². The average Bonchev–Trinajstić information content (AvgIpc) is 3.60. The van der Waals surface area contributed by atoms with Crippen LogP contribution in [0.15, 0.2) is 6.20 Å². The Morgan fingerprint density at radius 1 is 1.26 bits per heavy atom. The molecule has 4 heterocycles. The summed E-state index contributed by atoms with van der Waals surface area (Å²) in [5.74, 6) is 0.585. The van der Waals surface area contributed by atoms with Crippen LogP contribution in [0.5, 0.6) is 0 Å². The Morgan fingerprint density at radius 3 is 2.67 bits per heavy atom. The minimum absolute atomic E-state index is 0.0325. The van der Waals surface area contributed by atoms with Gasteiger partial charge in [-0.15, -0.1) is 10.2 Å². The van der Waals surface area contributed by atoms with Crippen molar-refractivity contribution in [3.8, 4) is 0 Å². The normalized spacial score (nSPS) is 25.6. The molecule has 2 aliphatic rings. The van der Waals surface area contributed by atoms with Gasteiger partial charge in [0.15, 0.2) is 28.9 Å². The second kappa shape index (κ2) is 11.1. The first kappa shape index (κ1) is 27.9. The summed E-state index contributed by atoms with van der Waals surface area (Å²) in [6.07, 6.45) is -1.35. The molecule has 0 spiro atoms.